The SMILES string of the molecule is O=C(O[C@H](C(=O)O[C@H](C(=O)O[C@H](C(=O)O[C@H](C(=O)O[C@H](C(=O)O)c1ccccc1)c1ccccc1)c1ccccc1)c1ccccc1)c1ccccc1)[C@@H](O)c1ccccc1. The van der Waals surface area contributed by atoms with Gasteiger partial charge in [0.25, 0.3) is 0 Å². The third kappa shape index (κ3) is 11.2. The van der Waals surface area contributed by atoms with E-state index in [9.17, 15) is 39.0 Å². The van der Waals surface area contributed by atoms with Gasteiger partial charge in [-0.1, -0.05) is 182 Å². The van der Waals surface area contributed by atoms with Gasteiger partial charge in [0.15, 0.2) is 6.10 Å². The topological polar surface area (TPSA) is 189 Å². The Bertz CT molecular complexity index is 2400. The van der Waals surface area contributed by atoms with Crippen LogP contribution in [0.1, 0.15) is 70.0 Å². The minimum atomic E-state index is -1.88. The van der Waals surface area contributed by atoms with Crippen molar-refractivity contribution in [2.45, 2.75) is 36.6 Å². The lowest BCUT2D eigenvalue weighted by atomic mass is 10.1. The van der Waals surface area contributed by atoms with Crippen LogP contribution in [0.25, 0.3) is 0 Å². The van der Waals surface area contributed by atoms with Gasteiger partial charge < -0.3 is 33.9 Å². The second-order valence-corrected chi connectivity index (χ2v) is 13.3. The lowest BCUT2D eigenvalue weighted by Crippen LogP contribution is -2.32. The van der Waals surface area contributed by atoms with Gasteiger partial charge in [-0.2, -0.15) is 0 Å². The van der Waals surface area contributed by atoms with Crippen molar-refractivity contribution < 1.29 is 62.7 Å². The first-order valence-corrected chi connectivity index (χ1v) is 18.8. The Hall–Kier alpha value is -7.90. The maximum atomic E-state index is 14.3. The van der Waals surface area contributed by atoms with E-state index in [0.29, 0.717) is 0 Å². The lowest BCUT2D eigenvalue weighted by molar-refractivity contribution is -0.191. The summed E-state index contributed by atoms with van der Waals surface area (Å²) < 4.78 is 28.2. The molecule has 6 rings (SSSR count). The van der Waals surface area contributed by atoms with E-state index in [-0.39, 0.29) is 33.4 Å². The van der Waals surface area contributed by atoms with E-state index in [2.05, 4.69) is 0 Å². The molecule has 0 radical (unpaired) electrons. The molecule has 2 N–H and O–H groups in total. The number of carboxylic acids is 1. The quantitative estimate of drug-likeness (QED) is 0.0693. The van der Waals surface area contributed by atoms with Crippen LogP contribution in [0.15, 0.2) is 182 Å². The number of carbonyl (C=O) groups is 6. The molecule has 13 heteroatoms. The van der Waals surface area contributed by atoms with Crippen LogP contribution in [0.5, 0.6) is 0 Å². The van der Waals surface area contributed by atoms with Gasteiger partial charge >= 0.3 is 35.8 Å². The number of rotatable bonds is 17. The number of benzene rings is 6. The van der Waals surface area contributed by atoms with Crippen LogP contribution in [0, 0.1) is 0 Å². The number of aliphatic hydroxyl groups is 1. The predicted octanol–water partition coefficient (Wildman–Crippen LogP) is 7.23. The predicted molar refractivity (Wildman–Crippen MR) is 215 cm³/mol. The molecule has 6 aromatic carbocycles. The zero-order valence-electron chi connectivity index (χ0n) is 32.2. The normalized spacial score (nSPS) is 13.7. The molecule has 0 aromatic heterocycles. The van der Waals surface area contributed by atoms with Crippen molar-refractivity contribution in [3.05, 3.63) is 215 Å². The van der Waals surface area contributed by atoms with Gasteiger partial charge in [0.1, 0.15) is 0 Å². The van der Waals surface area contributed by atoms with Crippen molar-refractivity contribution in [1.29, 1.82) is 0 Å². The highest BCUT2D eigenvalue weighted by Gasteiger charge is 2.40. The number of aliphatic carboxylic acids is 1. The van der Waals surface area contributed by atoms with E-state index in [1.807, 2.05) is 0 Å². The van der Waals surface area contributed by atoms with Crippen LogP contribution in [-0.4, -0.2) is 46.0 Å². The van der Waals surface area contributed by atoms with Crippen molar-refractivity contribution >= 4 is 35.8 Å². The number of carboxylic acid groups (broad SMARTS) is 1. The molecule has 0 bridgehead atoms. The molecule has 0 aliphatic heterocycles. The minimum absolute atomic E-state index is 0.0952. The summed E-state index contributed by atoms with van der Waals surface area (Å²) in [5.41, 5.74) is 0.829. The number of esters is 5. The summed E-state index contributed by atoms with van der Waals surface area (Å²) in [6, 6.07) is 46.4. The molecule has 6 aromatic rings. The first-order valence-electron chi connectivity index (χ1n) is 18.8. The summed E-state index contributed by atoms with van der Waals surface area (Å²) in [6.07, 6.45) is -10.9. The first-order chi connectivity index (χ1) is 29.6. The van der Waals surface area contributed by atoms with Gasteiger partial charge in [-0.05, 0) is 5.56 Å². The van der Waals surface area contributed by atoms with Crippen molar-refractivity contribution in [2.75, 3.05) is 0 Å². The molecule has 61 heavy (non-hydrogen) atoms. The fourth-order valence-electron chi connectivity index (χ4n) is 6.07. The molecule has 13 nitrogen and oxygen atoms in total. The standard InChI is InChI=1S/C48H38O13/c49-37(31-19-7-1-8-20-31)44(52)58-39(33-23-11-3-12-24-33)46(54)60-41(35-27-15-5-16-28-35)48(56)61-42(36-29-17-6-18-30-36)47(55)59-40(34-25-13-4-14-26-34)45(53)57-38(43(50)51)32-21-9-2-10-22-32/h1-30,37-42,49H,(H,50,51)/t37-,38-,39-,40-,41-,42-/m0/s1. The van der Waals surface area contributed by atoms with Gasteiger partial charge in [0.2, 0.25) is 30.5 Å². The number of hydrogen-bond acceptors (Lipinski definition) is 12. The monoisotopic (exact) mass is 822 g/mol. The smallest absolute Gasteiger partial charge is 0.353 e. The van der Waals surface area contributed by atoms with Gasteiger partial charge in [-0.3, -0.25) is 0 Å². The molecule has 0 aliphatic carbocycles. The van der Waals surface area contributed by atoms with Crippen LogP contribution in [0.2, 0.25) is 0 Å². The van der Waals surface area contributed by atoms with Crippen LogP contribution in [0.3, 0.4) is 0 Å². The van der Waals surface area contributed by atoms with Gasteiger partial charge in [-0.15, -0.1) is 0 Å². The highest BCUT2D eigenvalue weighted by atomic mass is 16.6. The van der Waals surface area contributed by atoms with E-state index < -0.39 is 72.4 Å². The summed E-state index contributed by atoms with van der Waals surface area (Å²) in [7, 11) is 0. The molecular weight excluding hydrogens is 785 g/mol. The largest absolute Gasteiger partial charge is 0.478 e. The molecule has 0 aliphatic rings. The molecule has 0 saturated heterocycles. The fourth-order valence-corrected chi connectivity index (χ4v) is 6.07. The Morgan fingerprint density at radius 2 is 0.492 bits per heavy atom. The highest BCUT2D eigenvalue weighted by molar-refractivity contribution is 5.89. The number of ether oxygens (including phenoxy) is 5. The lowest BCUT2D eigenvalue weighted by Gasteiger charge is -2.25. The third-order valence-corrected chi connectivity index (χ3v) is 9.10. The van der Waals surface area contributed by atoms with Crippen molar-refractivity contribution in [2.24, 2.45) is 0 Å². The van der Waals surface area contributed by atoms with Crippen LogP contribution in [0.4, 0.5) is 0 Å². The summed E-state index contributed by atoms with van der Waals surface area (Å²) >= 11 is 0. The summed E-state index contributed by atoms with van der Waals surface area (Å²) in [5, 5.41) is 20.7. The van der Waals surface area contributed by atoms with Crippen LogP contribution in [-0.2, 0) is 52.5 Å². The van der Waals surface area contributed by atoms with Gasteiger partial charge in [0.05, 0.1) is 0 Å². The molecule has 0 spiro atoms. The van der Waals surface area contributed by atoms with Crippen LogP contribution >= 0.6 is 0 Å². The van der Waals surface area contributed by atoms with E-state index >= 15 is 0 Å². The first kappa shape index (κ1) is 42.7. The number of hydrogen-bond donors (Lipinski definition) is 2. The van der Waals surface area contributed by atoms with Crippen molar-refractivity contribution in [3.63, 3.8) is 0 Å². The fraction of sp³-hybridized carbons (Fsp3) is 0.125. The highest BCUT2D eigenvalue weighted by Crippen LogP contribution is 2.32. The molecule has 6 atom stereocenters. The molecule has 308 valence electrons. The van der Waals surface area contributed by atoms with E-state index in [1.165, 1.54) is 72.8 Å². The summed E-state index contributed by atoms with van der Waals surface area (Å²) in [5.74, 6) is -7.63. The molecule has 0 unspecified atom stereocenters. The molecule has 0 amide bonds. The molecular formula is C48H38O13. The average Bonchev–Trinajstić information content (AvgIpc) is 3.31. The average molecular weight is 823 g/mol. The second-order valence-electron chi connectivity index (χ2n) is 13.3. The van der Waals surface area contributed by atoms with Gasteiger partial charge in [-0.25, -0.2) is 28.8 Å². The van der Waals surface area contributed by atoms with Crippen molar-refractivity contribution in [1.82, 2.24) is 0 Å². The Morgan fingerprint density at radius 3 is 0.738 bits per heavy atom. The molecule has 0 heterocycles. The van der Waals surface area contributed by atoms with E-state index in [4.69, 9.17) is 23.7 Å². The molecule has 0 fully saturated rings. The zero-order chi connectivity index (χ0) is 43.1. The Kier molecular flexibility index (Phi) is 14.5. The van der Waals surface area contributed by atoms with Crippen LogP contribution < -0.4 is 0 Å². The molecule has 0 saturated carbocycles. The maximum absolute atomic E-state index is 14.3. The van der Waals surface area contributed by atoms with Crippen molar-refractivity contribution in [3.8, 4) is 0 Å². The zero-order valence-corrected chi connectivity index (χ0v) is 32.2. The Morgan fingerprint density at radius 1 is 0.295 bits per heavy atom. The van der Waals surface area contributed by atoms with Gasteiger partial charge in [0, 0.05) is 27.8 Å². The summed E-state index contributed by atoms with van der Waals surface area (Å²) in [6.45, 7) is 0. The minimum Gasteiger partial charge on any atom is -0.478 e. The summed E-state index contributed by atoms with van der Waals surface area (Å²) in [4.78, 5) is 81.8. The third-order valence-electron chi connectivity index (χ3n) is 9.10. The number of aliphatic hydroxyl groups excluding tert-OH is 1. The Balaban J connectivity index is 1.29. The van der Waals surface area contributed by atoms with E-state index in [1.54, 1.807) is 109 Å². The Labute approximate surface area is 349 Å². The maximum Gasteiger partial charge on any atom is 0.353 e. The number of carbonyl (C=O) groups excluding carboxylic acids is 5. The van der Waals surface area contributed by atoms with E-state index in [0.717, 1.165) is 0 Å². The second kappa shape index (κ2) is 20.7.